The molecule has 0 saturated heterocycles. The van der Waals surface area contributed by atoms with Crippen molar-refractivity contribution in [3.63, 3.8) is 0 Å². The molecule has 7 nitrogen and oxygen atoms in total. The van der Waals surface area contributed by atoms with Crippen LogP contribution in [-0.2, 0) is 4.79 Å². The molecule has 0 unspecified atom stereocenters. The number of aromatic amines is 1. The zero-order chi connectivity index (χ0) is 19.4. The summed E-state index contributed by atoms with van der Waals surface area (Å²) < 4.78 is 5.29. The summed E-state index contributed by atoms with van der Waals surface area (Å²) in [5, 5.41) is 28.3. The second kappa shape index (κ2) is 8.15. The van der Waals surface area contributed by atoms with E-state index >= 15 is 0 Å². The van der Waals surface area contributed by atoms with E-state index in [1.807, 2.05) is 0 Å². The van der Waals surface area contributed by atoms with E-state index in [2.05, 4.69) is 15.2 Å². The van der Waals surface area contributed by atoms with E-state index in [1.54, 1.807) is 30.3 Å². The lowest BCUT2D eigenvalue weighted by atomic mass is 10.2. The summed E-state index contributed by atoms with van der Waals surface area (Å²) in [4.78, 5) is 15.8. The fraction of sp³-hybridized carbons (Fsp3) is 0.0556. The molecule has 2 aromatic carbocycles. The number of carboxylic acid groups (broad SMARTS) is 1. The Morgan fingerprint density at radius 3 is 2.85 bits per heavy atom. The molecule has 1 heterocycles. The highest BCUT2D eigenvalue weighted by atomic mass is 35.5. The Morgan fingerprint density at radius 2 is 2.15 bits per heavy atom. The highest BCUT2D eigenvalue weighted by Crippen LogP contribution is 2.32. The third kappa shape index (κ3) is 4.60. The van der Waals surface area contributed by atoms with E-state index in [0.29, 0.717) is 27.7 Å². The number of thioether (sulfide) groups is 1. The fourth-order valence-corrected chi connectivity index (χ4v) is 3.15. The maximum atomic E-state index is 11.5. The van der Waals surface area contributed by atoms with E-state index in [-0.39, 0.29) is 15.8 Å². The van der Waals surface area contributed by atoms with Gasteiger partial charge in [-0.3, -0.25) is 5.10 Å². The predicted octanol–water partition coefficient (Wildman–Crippen LogP) is 3.43. The van der Waals surface area contributed by atoms with Crippen molar-refractivity contribution in [2.24, 2.45) is 0 Å². The van der Waals surface area contributed by atoms with Gasteiger partial charge in [0.05, 0.1) is 12.7 Å². The van der Waals surface area contributed by atoms with Crippen LogP contribution in [0.2, 0.25) is 5.02 Å². The van der Waals surface area contributed by atoms with Crippen molar-refractivity contribution < 1.29 is 19.7 Å². The smallest absolute Gasteiger partial charge is 0.342 e. The second-order valence-corrected chi connectivity index (χ2v) is 6.75. The van der Waals surface area contributed by atoms with Crippen LogP contribution in [0.5, 0.6) is 11.5 Å². The number of H-pyrrole nitrogens is 1. The molecule has 1 aromatic heterocycles. The number of carbonyl (C=O) groups is 1. The first-order valence-corrected chi connectivity index (χ1v) is 8.82. The number of aliphatic carboxylic acids is 1. The molecule has 0 spiro atoms. The van der Waals surface area contributed by atoms with Gasteiger partial charge in [-0.05, 0) is 41.6 Å². The number of hydrogen-bond donors (Lipinski definition) is 2. The van der Waals surface area contributed by atoms with Crippen molar-refractivity contribution in [1.82, 2.24) is 15.2 Å². The zero-order valence-electron chi connectivity index (χ0n) is 14.0. The summed E-state index contributed by atoms with van der Waals surface area (Å²) >= 11 is 6.89. The minimum absolute atomic E-state index is 0.0239. The standard InChI is InChI=1S/C18H14ClN3O4S/c1-26-14-6-5-11(19)9-13(14)16-20-18(22-21-16)27-15(17(24)25)8-10-3-2-4-12(23)7-10/h2-9,23H,1H3,(H,24,25)(H,20,21,22)/p-1/b15-8-. The quantitative estimate of drug-likeness (QED) is 0.480. The van der Waals surface area contributed by atoms with Gasteiger partial charge in [0.1, 0.15) is 10.7 Å². The second-order valence-electron chi connectivity index (χ2n) is 5.30. The van der Waals surface area contributed by atoms with Crippen molar-refractivity contribution in [3.05, 3.63) is 58.0 Å². The number of hydrogen-bond acceptors (Lipinski definition) is 6. The summed E-state index contributed by atoms with van der Waals surface area (Å²) in [7, 11) is 1.52. The SMILES string of the molecule is COc1ccc(Cl)cc1-c1nc(S/C(=C\c2cccc([O-])c2)C(=O)O)n[nH]1. The van der Waals surface area contributed by atoms with Crippen LogP contribution < -0.4 is 9.84 Å². The predicted molar refractivity (Wildman–Crippen MR) is 101 cm³/mol. The monoisotopic (exact) mass is 402 g/mol. The van der Waals surface area contributed by atoms with E-state index in [9.17, 15) is 15.0 Å². The largest absolute Gasteiger partial charge is 0.872 e. The summed E-state index contributed by atoms with van der Waals surface area (Å²) in [5.41, 5.74) is 1.09. The van der Waals surface area contributed by atoms with Crippen LogP contribution in [-0.4, -0.2) is 33.4 Å². The molecule has 0 bridgehead atoms. The molecule has 0 radical (unpaired) electrons. The number of rotatable bonds is 6. The van der Waals surface area contributed by atoms with Crippen LogP contribution in [0.15, 0.2) is 52.5 Å². The minimum atomic E-state index is -1.15. The fourth-order valence-electron chi connectivity index (χ4n) is 2.27. The zero-order valence-corrected chi connectivity index (χ0v) is 15.5. The topological polar surface area (TPSA) is 111 Å². The van der Waals surface area contributed by atoms with Gasteiger partial charge in [-0.2, -0.15) is 0 Å². The number of nitrogens with zero attached hydrogens (tertiary/aromatic N) is 2. The summed E-state index contributed by atoms with van der Waals surface area (Å²) in [6.45, 7) is 0. The summed E-state index contributed by atoms with van der Waals surface area (Å²) in [6.07, 6.45) is 1.39. The first-order valence-electron chi connectivity index (χ1n) is 7.62. The molecule has 3 rings (SSSR count). The normalized spacial score (nSPS) is 11.4. The van der Waals surface area contributed by atoms with Gasteiger partial charge in [0, 0.05) is 5.02 Å². The van der Waals surface area contributed by atoms with E-state index in [1.165, 1.54) is 25.3 Å². The molecule has 27 heavy (non-hydrogen) atoms. The van der Waals surface area contributed by atoms with Crippen molar-refractivity contribution >= 4 is 35.4 Å². The van der Waals surface area contributed by atoms with Gasteiger partial charge in [-0.15, -0.1) is 10.8 Å². The Balaban J connectivity index is 1.89. The summed E-state index contributed by atoms with van der Waals surface area (Å²) in [5.74, 6) is -0.411. The Morgan fingerprint density at radius 1 is 1.33 bits per heavy atom. The first-order chi connectivity index (χ1) is 13.0. The van der Waals surface area contributed by atoms with Crippen molar-refractivity contribution in [1.29, 1.82) is 0 Å². The molecule has 3 aromatic rings. The van der Waals surface area contributed by atoms with E-state index < -0.39 is 5.97 Å². The van der Waals surface area contributed by atoms with Gasteiger partial charge < -0.3 is 14.9 Å². The Kier molecular flexibility index (Phi) is 5.68. The van der Waals surface area contributed by atoms with E-state index in [4.69, 9.17) is 16.3 Å². The molecule has 0 amide bonds. The highest BCUT2D eigenvalue weighted by molar-refractivity contribution is 8.04. The van der Waals surface area contributed by atoms with Crippen LogP contribution in [0.25, 0.3) is 17.5 Å². The number of methoxy groups -OCH3 is 1. The van der Waals surface area contributed by atoms with Gasteiger partial charge in [0.15, 0.2) is 5.82 Å². The lowest BCUT2D eigenvalue weighted by Crippen LogP contribution is -1.97. The average Bonchev–Trinajstić information content (AvgIpc) is 3.09. The molecule has 0 fully saturated rings. The average molecular weight is 403 g/mol. The number of aromatic nitrogens is 3. The number of benzene rings is 2. The van der Waals surface area contributed by atoms with Crippen molar-refractivity contribution in [3.8, 4) is 22.9 Å². The molecule has 138 valence electrons. The molecule has 0 aliphatic rings. The maximum absolute atomic E-state index is 11.5. The van der Waals surface area contributed by atoms with Crippen molar-refractivity contribution in [2.75, 3.05) is 7.11 Å². The minimum Gasteiger partial charge on any atom is -0.872 e. The van der Waals surface area contributed by atoms with Gasteiger partial charge in [0.2, 0.25) is 5.16 Å². The Bertz CT molecular complexity index is 1020. The molecular formula is C18H13ClN3O4S-. The lowest BCUT2D eigenvalue weighted by Gasteiger charge is -2.06. The van der Waals surface area contributed by atoms with Gasteiger partial charge in [-0.1, -0.05) is 35.9 Å². The van der Waals surface area contributed by atoms with Crippen LogP contribution >= 0.6 is 23.4 Å². The van der Waals surface area contributed by atoms with Gasteiger partial charge in [0.25, 0.3) is 0 Å². The molecule has 9 heteroatoms. The van der Waals surface area contributed by atoms with Crippen LogP contribution in [0.4, 0.5) is 0 Å². The first kappa shape index (κ1) is 18.8. The number of nitrogens with one attached hydrogen (secondary N) is 1. The number of halogens is 1. The molecule has 0 saturated carbocycles. The molecule has 0 atom stereocenters. The Hall–Kier alpha value is -2.97. The maximum Gasteiger partial charge on any atom is 0.342 e. The number of carboxylic acids is 1. The number of ether oxygens (including phenoxy) is 1. The van der Waals surface area contributed by atoms with Gasteiger partial charge >= 0.3 is 5.97 Å². The van der Waals surface area contributed by atoms with Crippen LogP contribution in [0.1, 0.15) is 5.56 Å². The molecule has 0 aliphatic heterocycles. The summed E-state index contributed by atoms with van der Waals surface area (Å²) in [6, 6.07) is 11.0. The third-order valence-electron chi connectivity index (χ3n) is 3.45. The van der Waals surface area contributed by atoms with Crippen LogP contribution in [0, 0.1) is 0 Å². The lowest BCUT2D eigenvalue weighted by molar-refractivity contribution is -0.268. The third-order valence-corrected chi connectivity index (χ3v) is 4.56. The van der Waals surface area contributed by atoms with Gasteiger partial charge in [-0.25, -0.2) is 9.78 Å². The van der Waals surface area contributed by atoms with E-state index in [0.717, 1.165) is 11.8 Å². The highest BCUT2D eigenvalue weighted by Gasteiger charge is 2.16. The molecular weight excluding hydrogens is 390 g/mol. The molecule has 0 aliphatic carbocycles. The molecule has 2 N–H and O–H groups in total. The van der Waals surface area contributed by atoms with Crippen molar-refractivity contribution in [2.45, 2.75) is 5.16 Å². The Labute approximate surface area is 163 Å². The van der Waals surface area contributed by atoms with Crippen LogP contribution in [0.3, 0.4) is 0 Å².